The minimum absolute atomic E-state index is 0.0537. The minimum Gasteiger partial charge on any atom is -0.490 e. The van der Waals surface area contributed by atoms with Crippen molar-refractivity contribution in [2.75, 3.05) is 39.3 Å². The first-order valence-electron chi connectivity index (χ1n) is 12.0. The van der Waals surface area contributed by atoms with Crippen molar-refractivity contribution in [1.82, 2.24) is 15.5 Å². The highest BCUT2D eigenvalue weighted by molar-refractivity contribution is 6.32. The smallest absolute Gasteiger partial charge is 0.253 e. The number of hydrogen-bond donors (Lipinski definition) is 3. The zero-order chi connectivity index (χ0) is 25.3. The zero-order valence-electron chi connectivity index (χ0n) is 20.0. The third-order valence-electron chi connectivity index (χ3n) is 5.89. The molecule has 8 nitrogen and oxygen atoms in total. The van der Waals surface area contributed by atoms with Gasteiger partial charge in [-0.15, -0.1) is 0 Å². The number of aliphatic imine (C=N–C) groups is 1. The summed E-state index contributed by atoms with van der Waals surface area (Å²) in [5, 5.41) is 6.55. The van der Waals surface area contributed by atoms with Crippen molar-refractivity contribution < 1.29 is 14.3 Å². The van der Waals surface area contributed by atoms with E-state index >= 15 is 0 Å². The van der Waals surface area contributed by atoms with Gasteiger partial charge in [-0.1, -0.05) is 42.0 Å². The molecule has 1 atom stereocenters. The molecule has 0 saturated carbocycles. The van der Waals surface area contributed by atoms with E-state index in [9.17, 15) is 9.59 Å². The Morgan fingerprint density at radius 1 is 1.17 bits per heavy atom. The van der Waals surface area contributed by atoms with E-state index in [1.807, 2.05) is 53.4 Å². The maximum absolute atomic E-state index is 12.7. The predicted octanol–water partition coefficient (Wildman–Crippen LogP) is 2.79. The lowest BCUT2D eigenvalue weighted by molar-refractivity contribution is -0.120. The van der Waals surface area contributed by atoms with Gasteiger partial charge in [0, 0.05) is 44.4 Å². The molecular formula is C27H30ClN5O3. The van der Waals surface area contributed by atoms with Crippen LogP contribution >= 0.6 is 11.6 Å². The van der Waals surface area contributed by atoms with Crippen LogP contribution in [0.5, 0.6) is 5.75 Å². The molecule has 2 aliphatic heterocycles. The second-order valence-corrected chi connectivity index (χ2v) is 8.91. The summed E-state index contributed by atoms with van der Waals surface area (Å²) in [6.07, 6.45) is 7.01. The zero-order valence-corrected chi connectivity index (χ0v) is 20.7. The number of halogens is 1. The molecule has 1 fully saturated rings. The highest BCUT2D eigenvalue weighted by atomic mass is 35.5. The lowest BCUT2D eigenvalue weighted by atomic mass is 10.0. The van der Waals surface area contributed by atoms with E-state index in [-0.39, 0.29) is 24.4 Å². The Kier molecular flexibility index (Phi) is 8.89. The number of hydrogen-bond acceptors (Lipinski definition) is 6. The maximum Gasteiger partial charge on any atom is 0.253 e. The fraction of sp³-hybridized carbons (Fsp3) is 0.296. The Balaban J connectivity index is 1.24. The van der Waals surface area contributed by atoms with Crippen molar-refractivity contribution in [2.45, 2.75) is 12.6 Å². The molecule has 2 aliphatic rings. The van der Waals surface area contributed by atoms with Crippen molar-refractivity contribution in [1.29, 1.82) is 0 Å². The molecular weight excluding hydrogens is 478 g/mol. The number of rotatable bonds is 8. The summed E-state index contributed by atoms with van der Waals surface area (Å²) in [6, 6.07) is 13.1. The van der Waals surface area contributed by atoms with Gasteiger partial charge >= 0.3 is 0 Å². The molecule has 36 heavy (non-hydrogen) atoms. The van der Waals surface area contributed by atoms with Gasteiger partial charge in [-0.05, 0) is 47.0 Å². The van der Waals surface area contributed by atoms with Gasteiger partial charge in [0.05, 0.1) is 11.6 Å². The summed E-state index contributed by atoms with van der Waals surface area (Å²) in [7, 11) is 0. The lowest BCUT2D eigenvalue weighted by Gasteiger charge is -2.27. The van der Waals surface area contributed by atoms with Crippen molar-refractivity contribution >= 4 is 29.6 Å². The molecule has 0 bridgehead atoms. The first-order valence-corrected chi connectivity index (χ1v) is 12.3. The lowest BCUT2D eigenvalue weighted by Crippen LogP contribution is -2.46. The standard InChI is InChI=1S/C27H30ClN5O3/c28-23-17-22(20-3-5-21(6-4-20)27(35)33-14-11-30-12-15-33)7-8-24(23)36-16-13-31-26(34)10-2-19-1-9-25(29)32-18-19/h1-9,17-18,25,30H,10-16,29H2,(H,31,34)/b19-2+. The molecule has 2 amide bonds. The number of allylic oxidation sites excluding steroid dienone is 2. The summed E-state index contributed by atoms with van der Waals surface area (Å²) in [5.74, 6) is 0.489. The first-order chi connectivity index (χ1) is 17.5. The molecule has 1 saturated heterocycles. The van der Waals surface area contributed by atoms with Crippen LogP contribution in [0.15, 0.2) is 71.3 Å². The average molecular weight is 508 g/mol. The van der Waals surface area contributed by atoms with E-state index < -0.39 is 0 Å². The number of benzene rings is 2. The number of nitrogens with two attached hydrogens (primary N) is 1. The first kappa shape index (κ1) is 25.6. The molecule has 4 N–H and O–H groups in total. The molecule has 2 heterocycles. The van der Waals surface area contributed by atoms with Crippen molar-refractivity contribution in [3.63, 3.8) is 0 Å². The Labute approximate surface area is 215 Å². The van der Waals surface area contributed by atoms with E-state index in [1.165, 1.54) is 0 Å². The topological polar surface area (TPSA) is 109 Å². The van der Waals surface area contributed by atoms with E-state index in [1.54, 1.807) is 18.4 Å². The quantitative estimate of drug-likeness (QED) is 0.476. The molecule has 188 valence electrons. The van der Waals surface area contributed by atoms with Crippen LogP contribution in [0.1, 0.15) is 16.8 Å². The normalized spacial score (nSPS) is 18.3. The molecule has 0 spiro atoms. The summed E-state index contributed by atoms with van der Waals surface area (Å²) < 4.78 is 5.74. The fourth-order valence-electron chi connectivity index (χ4n) is 3.88. The SMILES string of the molecule is NC1C=C/C(=C\CC(=O)NCCOc2ccc(-c3ccc(C(=O)N4CCNCC4)cc3)cc2Cl)C=N1. The van der Waals surface area contributed by atoms with Gasteiger partial charge in [0.25, 0.3) is 5.91 Å². The summed E-state index contributed by atoms with van der Waals surface area (Å²) in [4.78, 5) is 30.6. The number of piperazine rings is 1. The van der Waals surface area contributed by atoms with Crippen molar-refractivity contribution in [3.8, 4) is 16.9 Å². The van der Waals surface area contributed by atoms with Crippen LogP contribution in [0.2, 0.25) is 5.02 Å². The molecule has 0 radical (unpaired) electrons. The van der Waals surface area contributed by atoms with Crippen LogP contribution in [0.3, 0.4) is 0 Å². The van der Waals surface area contributed by atoms with Crippen molar-refractivity contribution in [3.05, 3.63) is 76.9 Å². The van der Waals surface area contributed by atoms with Gasteiger partial charge in [0.2, 0.25) is 5.91 Å². The van der Waals surface area contributed by atoms with Crippen LogP contribution < -0.4 is 21.1 Å². The second kappa shape index (κ2) is 12.5. The summed E-state index contributed by atoms with van der Waals surface area (Å²) in [5.41, 5.74) is 9.06. The Hall–Kier alpha value is -3.46. The highest BCUT2D eigenvalue weighted by Gasteiger charge is 2.17. The Morgan fingerprint density at radius 2 is 1.92 bits per heavy atom. The van der Waals surface area contributed by atoms with Gasteiger partial charge in [0.1, 0.15) is 18.5 Å². The van der Waals surface area contributed by atoms with Crippen LogP contribution in [0.4, 0.5) is 0 Å². The van der Waals surface area contributed by atoms with E-state index in [4.69, 9.17) is 22.1 Å². The fourth-order valence-corrected chi connectivity index (χ4v) is 4.12. The predicted molar refractivity (Wildman–Crippen MR) is 142 cm³/mol. The van der Waals surface area contributed by atoms with Crippen LogP contribution in [0, 0.1) is 0 Å². The number of carbonyl (C=O) groups is 2. The second-order valence-electron chi connectivity index (χ2n) is 8.50. The monoisotopic (exact) mass is 507 g/mol. The molecule has 4 rings (SSSR count). The van der Waals surface area contributed by atoms with Crippen LogP contribution in [-0.2, 0) is 4.79 Å². The number of nitrogens with zero attached hydrogens (tertiary/aromatic N) is 2. The maximum atomic E-state index is 12.7. The number of amides is 2. The Bertz CT molecular complexity index is 1150. The number of ether oxygens (including phenoxy) is 1. The van der Waals surface area contributed by atoms with Gasteiger partial charge in [-0.3, -0.25) is 14.6 Å². The third kappa shape index (κ3) is 7.04. The van der Waals surface area contributed by atoms with Gasteiger partial charge in [0.15, 0.2) is 0 Å². The summed E-state index contributed by atoms with van der Waals surface area (Å²) >= 11 is 6.44. The van der Waals surface area contributed by atoms with E-state index in [0.29, 0.717) is 29.5 Å². The molecule has 2 aromatic rings. The highest BCUT2D eigenvalue weighted by Crippen LogP contribution is 2.30. The number of nitrogens with one attached hydrogen (secondary N) is 2. The van der Waals surface area contributed by atoms with E-state index in [0.717, 1.165) is 42.9 Å². The summed E-state index contributed by atoms with van der Waals surface area (Å²) in [6.45, 7) is 3.75. The number of carbonyl (C=O) groups excluding carboxylic acids is 2. The van der Waals surface area contributed by atoms with Gasteiger partial charge in [-0.2, -0.15) is 0 Å². The van der Waals surface area contributed by atoms with Crippen LogP contribution in [0.25, 0.3) is 11.1 Å². The minimum atomic E-state index is -0.312. The van der Waals surface area contributed by atoms with Crippen LogP contribution in [-0.4, -0.2) is 68.4 Å². The van der Waals surface area contributed by atoms with Gasteiger partial charge < -0.3 is 26.0 Å². The van der Waals surface area contributed by atoms with Crippen molar-refractivity contribution in [2.24, 2.45) is 10.7 Å². The molecule has 0 aromatic heterocycles. The molecule has 1 unspecified atom stereocenters. The Morgan fingerprint density at radius 3 is 2.61 bits per heavy atom. The third-order valence-corrected chi connectivity index (χ3v) is 6.18. The molecule has 9 heteroatoms. The van der Waals surface area contributed by atoms with E-state index in [2.05, 4.69) is 15.6 Å². The molecule has 0 aliphatic carbocycles. The number of dihydropyridines is 1. The largest absolute Gasteiger partial charge is 0.490 e. The molecule has 2 aromatic carbocycles. The van der Waals surface area contributed by atoms with Gasteiger partial charge in [-0.25, -0.2) is 0 Å². The average Bonchev–Trinajstić information content (AvgIpc) is 2.91.